The number of non-ortho nitro benzene ring substituents is 2. The van der Waals surface area contributed by atoms with Crippen molar-refractivity contribution in [3.8, 4) is 0 Å². The number of rotatable bonds is 13. The van der Waals surface area contributed by atoms with Crippen LogP contribution in [0.5, 0.6) is 0 Å². The van der Waals surface area contributed by atoms with Crippen molar-refractivity contribution in [1.29, 1.82) is 0 Å². The van der Waals surface area contributed by atoms with Crippen molar-refractivity contribution in [3.63, 3.8) is 0 Å². The first kappa shape index (κ1) is 29.4. The molecule has 5 aromatic carbocycles. The highest BCUT2D eigenvalue weighted by molar-refractivity contribution is 6.41. The standard InChI is InChI=1S/C35H35N3O6/c1-3-5-7-9-15-22(16-10-8-6-4-2)36-34(39)25-19-27(37(41)42)31-23-17-11-13-21-14-12-18-24(29(21)23)32-28(38(43)44)20-26(35(36)40)30(25)33(31)32/h11-14,17-20,22H,3-10,15-16H2,1-2H3. The summed E-state index contributed by atoms with van der Waals surface area (Å²) in [5.41, 5.74) is -0.487. The maximum absolute atomic E-state index is 14.3. The van der Waals surface area contributed by atoms with E-state index in [0.29, 0.717) is 29.0 Å². The van der Waals surface area contributed by atoms with Crippen molar-refractivity contribution >= 4 is 66.3 Å². The van der Waals surface area contributed by atoms with Crippen LogP contribution in [-0.2, 0) is 0 Å². The van der Waals surface area contributed by atoms with E-state index in [9.17, 15) is 29.8 Å². The Morgan fingerprint density at radius 1 is 0.636 bits per heavy atom. The maximum Gasteiger partial charge on any atom is 0.278 e. The van der Waals surface area contributed by atoms with E-state index in [0.717, 1.165) is 56.8 Å². The molecule has 0 radical (unpaired) electrons. The maximum atomic E-state index is 14.3. The van der Waals surface area contributed by atoms with E-state index in [4.69, 9.17) is 0 Å². The highest BCUT2D eigenvalue weighted by Crippen LogP contribution is 2.50. The second kappa shape index (κ2) is 11.8. The third-order valence-corrected chi connectivity index (χ3v) is 9.25. The number of imide groups is 1. The normalized spacial score (nSPS) is 13.4. The van der Waals surface area contributed by atoms with Gasteiger partial charge in [-0.3, -0.25) is 34.7 Å². The number of benzene rings is 5. The van der Waals surface area contributed by atoms with Gasteiger partial charge in [-0.25, -0.2) is 0 Å². The molecule has 9 heteroatoms. The lowest BCUT2D eigenvalue weighted by atomic mass is 9.82. The second-order valence-electron chi connectivity index (χ2n) is 11.9. The van der Waals surface area contributed by atoms with Crippen LogP contribution in [-0.4, -0.2) is 32.6 Å². The first-order chi connectivity index (χ1) is 21.3. The monoisotopic (exact) mass is 593 g/mol. The van der Waals surface area contributed by atoms with Crippen LogP contribution in [0.4, 0.5) is 11.4 Å². The molecule has 0 fully saturated rings. The fraction of sp³-hybridized carbons (Fsp3) is 0.371. The van der Waals surface area contributed by atoms with Gasteiger partial charge in [0.05, 0.1) is 31.7 Å². The molecule has 6 rings (SSSR count). The topological polar surface area (TPSA) is 124 Å². The lowest BCUT2D eigenvalue weighted by molar-refractivity contribution is -0.383. The van der Waals surface area contributed by atoms with Gasteiger partial charge in [-0.1, -0.05) is 102 Å². The number of unbranched alkanes of at least 4 members (excludes halogenated alkanes) is 6. The molecule has 0 bridgehead atoms. The molecule has 1 aliphatic rings. The van der Waals surface area contributed by atoms with Gasteiger partial charge in [0, 0.05) is 28.9 Å². The number of nitrogens with zero attached hydrogens (tertiary/aromatic N) is 3. The lowest BCUT2D eigenvalue weighted by Gasteiger charge is -2.34. The largest absolute Gasteiger partial charge is 0.278 e. The Morgan fingerprint density at radius 3 is 1.55 bits per heavy atom. The first-order valence-corrected chi connectivity index (χ1v) is 15.7. The Kier molecular flexibility index (Phi) is 7.88. The Balaban J connectivity index is 1.65. The summed E-state index contributed by atoms with van der Waals surface area (Å²) in [4.78, 5) is 54.2. The number of hydrogen-bond acceptors (Lipinski definition) is 6. The molecule has 0 unspecified atom stereocenters. The van der Waals surface area contributed by atoms with Crippen LogP contribution >= 0.6 is 0 Å². The average Bonchev–Trinajstić information content (AvgIpc) is 3.01. The Bertz CT molecular complexity index is 1840. The predicted molar refractivity (Wildman–Crippen MR) is 173 cm³/mol. The van der Waals surface area contributed by atoms with Crippen molar-refractivity contribution in [3.05, 3.63) is 79.9 Å². The minimum absolute atomic E-state index is 0.0554. The van der Waals surface area contributed by atoms with Gasteiger partial charge in [-0.05, 0) is 34.4 Å². The molecule has 1 heterocycles. The van der Waals surface area contributed by atoms with Gasteiger partial charge < -0.3 is 0 Å². The number of nitro groups is 2. The van der Waals surface area contributed by atoms with Crippen LogP contribution in [0.3, 0.4) is 0 Å². The average molecular weight is 594 g/mol. The molecule has 2 amide bonds. The molecule has 44 heavy (non-hydrogen) atoms. The molecule has 0 aliphatic carbocycles. The number of amides is 2. The van der Waals surface area contributed by atoms with E-state index in [2.05, 4.69) is 13.8 Å². The summed E-state index contributed by atoms with van der Waals surface area (Å²) in [6, 6.07) is 13.0. The third-order valence-electron chi connectivity index (χ3n) is 9.25. The molecule has 0 saturated heterocycles. The van der Waals surface area contributed by atoms with Gasteiger partial charge in [-0.2, -0.15) is 0 Å². The molecule has 9 nitrogen and oxygen atoms in total. The van der Waals surface area contributed by atoms with Crippen molar-refractivity contribution in [2.45, 2.75) is 84.1 Å². The zero-order chi connectivity index (χ0) is 31.1. The third kappa shape index (κ3) is 4.62. The molecule has 0 atom stereocenters. The van der Waals surface area contributed by atoms with Gasteiger partial charge in [-0.15, -0.1) is 0 Å². The Hall–Kier alpha value is -4.66. The van der Waals surface area contributed by atoms with E-state index in [-0.39, 0.29) is 44.0 Å². The van der Waals surface area contributed by atoms with Crippen LogP contribution in [0.25, 0.3) is 43.1 Å². The molecule has 0 spiro atoms. The molecule has 5 aromatic rings. The number of carbonyl (C=O) groups is 2. The van der Waals surface area contributed by atoms with Gasteiger partial charge in [0.2, 0.25) is 0 Å². The highest BCUT2D eigenvalue weighted by atomic mass is 16.6. The van der Waals surface area contributed by atoms with Gasteiger partial charge >= 0.3 is 0 Å². The lowest BCUT2D eigenvalue weighted by Crippen LogP contribution is -2.47. The Morgan fingerprint density at radius 2 is 1.11 bits per heavy atom. The van der Waals surface area contributed by atoms with Crippen LogP contribution in [0.1, 0.15) is 98.8 Å². The van der Waals surface area contributed by atoms with Crippen LogP contribution in [0, 0.1) is 20.2 Å². The zero-order valence-corrected chi connectivity index (χ0v) is 25.1. The molecule has 0 aromatic heterocycles. The molecule has 0 saturated carbocycles. The van der Waals surface area contributed by atoms with E-state index >= 15 is 0 Å². The highest BCUT2D eigenvalue weighted by Gasteiger charge is 2.41. The van der Waals surface area contributed by atoms with Crippen molar-refractivity contribution in [2.75, 3.05) is 0 Å². The summed E-state index contributed by atoms with van der Waals surface area (Å²) in [5.74, 6) is -1.13. The number of hydrogen-bond donors (Lipinski definition) is 0. The van der Waals surface area contributed by atoms with Crippen LogP contribution < -0.4 is 0 Å². The van der Waals surface area contributed by atoms with E-state index in [1.54, 1.807) is 24.3 Å². The zero-order valence-electron chi connectivity index (χ0n) is 25.1. The molecule has 0 N–H and O–H groups in total. The molecule has 1 aliphatic heterocycles. The smallest absolute Gasteiger partial charge is 0.271 e. The summed E-state index contributed by atoms with van der Waals surface area (Å²) < 4.78 is 0. The van der Waals surface area contributed by atoms with Crippen LogP contribution in [0.15, 0.2) is 48.5 Å². The van der Waals surface area contributed by atoms with Gasteiger partial charge in [0.1, 0.15) is 0 Å². The summed E-state index contributed by atoms with van der Waals surface area (Å²) in [6.45, 7) is 4.24. The second-order valence-corrected chi connectivity index (χ2v) is 11.9. The fourth-order valence-corrected chi connectivity index (χ4v) is 7.24. The minimum atomic E-state index is -0.565. The SMILES string of the molecule is CCCCCCC(CCCCCC)N1C(=O)c2cc([N+](=O)[O-])c3c4cccc5cccc(c6c([N+](=O)[O-])cc(c2c36)C1=O)c54. The van der Waals surface area contributed by atoms with Crippen molar-refractivity contribution in [1.82, 2.24) is 4.90 Å². The summed E-state index contributed by atoms with van der Waals surface area (Å²) >= 11 is 0. The van der Waals surface area contributed by atoms with Gasteiger partial charge in [0.25, 0.3) is 23.2 Å². The minimum Gasteiger partial charge on any atom is -0.271 e. The summed E-state index contributed by atoms with van der Waals surface area (Å²) in [7, 11) is 0. The summed E-state index contributed by atoms with van der Waals surface area (Å²) in [6.07, 6.45) is 9.05. The predicted octanol–water partition coefficient (Wildman–Crippen LogP) is 9.46. The molecular formula is C35H35N3O6. The van der Waals surface area contributed by atoms with E-state index < -0.39 is 27.7 Å². The summed E-state index contributed by atoms with van der Waals surface area (Å²) in [5, 5.41) is 28.8. The molecule has 226 valence electrons. The van der Waals surface area contributed by atoms with Crippen molar-refractivity contribution in [2.24, 2.45) is 0 Å². The van der Waals surface area contributed by atoms with E-state index in [1.807, 2.05) is 12.1 Å². The van der Waals surface area contributed by atoms with Gasteiger partial charge in [0.15, 0.2) is 0 Å². The number of fused-ring (bicyclic) bond motifs is 2. The van der Waals surface area contributed by atoms with Crippen LogP contribution in [0.2, 0.25) is 0 Å². The molecular weight excluding hydrogens is 558 g/mol. The Labute approximate surface area is 254 Å². The van der Waals surface area contributed by atoms with E-state index in [1.165, 1.54) is 17.0 Å². The fourth-order valence-electron chi connectivity index (χ4n) is 7.24. The number of nitro benzene ring substituents is 2. The quantitative estimate of drug-likeness (QED) is 0.0334. The first-order valence-electron chi connectivity index (χ1n) is 15.7. The van der Waals surface area contributed by atoms with Crippen molar-refractivity contribution < 1.29 is 19.4 Å². The number of carbonyl (C=O) groups excluding carboxylic acids is 2.